The summed E-state index contributed by atoms with van der Waals surface area (Å²) in [5, 5.41) is 7.65. The number of para-hydroxylation sites is 2. The highest BCUT2D eigenvalue weighted by Crippen LogP contribution is 2.31. The summed E-state index contributed by atoms with van der Waals surface area (Å²) in [5.41, 5.74) is 0.861. The Hall–Kier alpha value is -1.89. The monoisotopic (exact) mass is 376 g/mol. The number of guanidine groups is 1. The van der Waals surface area contributed by atoms with Crippen molar-refractivity contribution in [2.75, 3.05) is 37.9 Å². The van der Waals surface area contributed by atoms with Gasteiger partial charge in [-0.2, -0.15) is 11.8 Å². The van der Waals surface area contributed by atoms with Crippen LogP contribution >= 0.6 is 11.8 Å². The lowest BCUT2D eigenvalue weighted by Gasteiger charge is -2.29. The van der Waals surface area contributed by atoms with Crippen LogP contribution in [0.15, 0.2) is 29.3 Å². The molecule has 1 aliphatic carbocycles. The van der Waals surface area contributed by atoms with Crippen LogP contribution in [0, 0.1) is 0 Å². The second-order valence-electron chi connectivity index (χ2n) is 6.67. The predicted molar refractivity (Wildman–Crippen MR) is 108 cm³/mol. The fourth-order valence-electron chi connectivity index (χ4n) is 3.52. The zero-order chi connectivity index (χ0) is 18.4. The Labute approximate surface area is 159 Å². The molecule has 1 aromatic rings. The van der Waals surface area contributed by atoms with Gasteiger partial charge in [0.15, 0.2) is 12.6 Å². The lowest BCUT2D eigenvalue weighted by molar-refractivity contribution is -0.121. The maximum atomic E-state index is 12.2. The number of ether oxygens (including phenoxy) is 1. The molecule has 2 N–H and O–H groups in total. The molecule has 1 aliphatic heterocycles. The van der Waals surface area contributed by atoms with Crippen molar-refractivity contribution in [2.24, 2.45) is 4.99 Å². The Morgan fingerprint density at radius 1 is 1.38 bits per heavy atom. The zero-order valence-corrected chi connectivity index (χ0v) is 16.3. The van der Waals surface area contributed by atoms with Crippen molar-refractivity contribution in [1.82, 2.24) is 10.6 Å². The summed E-state index contributed by atoms with van der Waals surface area (Å²) in [6.45, 7) is 1.55. The lowest BCUT2D eigenvalue weighted by Crippen LogP contribution is -2.44. The predicted octanol–water partition coefficient (Wildman–Crippen LogP) is 2.25. The number of benzene rings is 1. The Kier molecular flexibility index (Phi) is 6.66. The van der Waals surface area contributed by atoms with Crippen LogP contribution in [-0.4, -0.2) is 56.2 Å². The first-order valence-corrected chi connectivity index (χ1v) is 10.5. The van der Waals surface area contributed by atoms with E-state index in [0.717, 1.165) is 35.6 Å². The number of fused-ring (bicyclic) bond motifs is 1. The third-order valence-corrected chi connectivity index (χ3v) is 6.04. The van der Waals surface area contributed by atoms with Gasteiger partial charge < -0.3 is 20.3 Å². The van der Waals surface area contributed by atoms with Gasteiger partial charge >= 0.3 is 0 Å². The van der Waals surface area contributed by atoms with Gasteiger partial charge in [-0.15, -0.1) is 0 Å². The van der Waals surface area contributed by atoms with E-state index in [1.54, 1.807) is 7.05 Å². The number of amides is 1. The number of nitrogens with one attached hydrogen (secondary N) is 2. The number of nitrogens with zero attached hydrogens (tertiary/aromatic N) is 2. The summed E-state index contributed by atoms with van der Waals surface area (Å²) in [6, 6.07) is 8.20. The van der Waals surface area contributed by atoms with Gasteiger partial charge in [-0.05, 0) is 44.1 Å². The van der Waals surface area contributed by atoms with Gasteiger partial charge in [0.05, 0.1) is 5.69 Å². The third-order valence-electron chi connectivity index (χ3n) is 4.94. The van der Waals surface area contributed by atoms with Crippen molar-refractivity contribution in [3.05, 3.63) is 24.3 Å². The second kappa shape index (κ2) is 9.16. The molecule has 0 spiro atoms. The molecule has 0 aromatic heterocycles. The van der Waals surface area contributed by atoms with Gasteiger partial charge in [0.25, 0.3) is 5.91 Å². The van der Waals surface area contributed by atoms with Crippen LogP contribution in [-0.2, 0) is 4.79 Å². The number of rotatable bonds is 6. The quantitative estimate of drug-likeness (QED) is 0.453. The molecule has 1 aromatic carbocycles. The van der Waals surface area contributed by atoms with Crippen molar-refractivity contribution >= 4 is 29.3 Å². The molecule has 0 bridgehead atoms. The van der Waals surface area contributed by atoms with Crippen LogP contribution in [0.4, 0.5) is 5.69 Å². The van der Waals surface area contributed by atoms with Crippen molar-refractivity contribution in [3.8, 4) is 5.75 Å². The second-order valence-corrected chi connectivity index (χ2v) is 7.80. The number of carbonyl (C=O) groups excluding carboxylic acids is 1. The van der Waals surface area contributed by atoms with Gasteiger partial charge in [0.1, 0.15) is 5.75 Å². The molecule has 7 heteroatoms. The molecule has 1 saturated carbocycles. The van der Waals surface area contributed by atoms with Crippen molar-refractivity contribution < 1.29 is 9.53 Å². The molecule has 2 atom stereocenters. The number of hydrogen-bond acceptors (Lipinski definition) is 4. The van der Waals surface area contributed by atoms with Gasteiger partial charge in [-0.3, -0.25) is 9.79 Å². The van der Waals surface area contributed by atoms with E-state index in [-0.39, 0.29) is 12.5 Å². The summed E-state index contributed by atoms with van der Waals surface area (Å²) < 4.78 is 5.48. The average molecular weight is 377 g/mol. The molecule has 1 amide bonds. The van der Waals surface area contributed by atoms with E-state index < -0.39 is 0 Å². The smallest absolute Gasteiger partial charge is 0.265 e. The van der Waals surface area contributed by atoms with E-state index in [1.807, 2.05) is 40.9 Å². The summed E-state index contributed by atoms with van der Waals surface area (Å²) in [6.07, 6.45) is 6.70. The summed E-state index contributed by atoms with van der Waals surface area (Å²) in [5.74, 6) is 1.65. The minimum atomic E-state index is 0.0141. The topological polar surface area (TPSA) is 66.0 Å². The fourth-order valence-corrected chi connectivity index (χ4v) is 4.31. The lowest BCUT2D eigenvalue weighted by atomic mass is 10.2. The van der Waals surface area contributed by atoms with E-state index >= 15 is 0 Å². The van der Waals surface area contributed by atoms with Crippen LogP contribution < -0.4 is 20.3 Å². The van der Waals surface area contributed by atoms with Crippen molar-refractivity contribution in [3.63, 3.8) is 0 Å². The Balaban J connectivity index is 1.44. The molecular formula is C19H28N4O2S. The summed E-state index contributed by atoms with van der Waals surface area (Å²) >= 11 is 1.95. The number of thioether (sulfide) groups is 1. The molecule has 0 radical (unpaired) electrons. The maximum absolute atomic E-state index is 12.2. The highest BCUT2D eigenvalue weighted by molar-refractivity contribution is 7.99. The average Bonchev–Trinajstić information content (AvgIpc) is 3.13. The zero-order valence-electron chi connectivity index (χ0n) is 15.5. The van der Waals surface area contributed by atoms with Crippen molar-refractivity contribution in [1.29, 1.82) is 0 Å². The van der Waals surface area contributed by atoms with Gasteiger partial charge in [-0.25, -0.2) is 0 Å². The van der Waals surface area contributed by atoms with E-state index in [0.29, 0.717) is 12.6 Å². The third kappa shape index (κ3) is 4.63. The maximum Gasteiger partial charge on any atom is 0.265 e. The number of aliphatic imine (C=N–C) groups is 1. The van der Waals surface area contributed by atoms with Crippen LogP contribution in [0.5, 0.6) is 5.75 Å². The van der Waals surface area contributed by atoms with Gasteiger partial charge in [-0.1, -0.05) is 12.1 Å². The largest absolute Gasteiger partial charge is 0.482 e. The van der Waals surface area contributed by atoms with Gasteiger partial charge in [0, 0.05) is 31.4 Å². The minimum absolute atomic E-state index is 0.0141. The van der Waals surface area contributed by atoms with E-state index in [1.165, 1.54) is 19.3 Å². The van der Waals surface area contributed by atoms with Crippen LogP contribution in [0.25, 0.3) is 0 Å². The summed E-state index contributed by atoms with van der Waals surface area (Å²) in [7, 11) is 1.80. The van der Waals surface area contributed by atoms with Gasteiger partial charge in [0.2, 0.25) is 0 Å². The molecule has 2 aliphatic rings. The molecule has 1 fully saturated rings. The van der Waals surface area contributed by atoms with Crippen LogP contribution in [0.1, 0.15) is 25.7 Å². The molecular weight excluding hydrogens is 348 g/mol. The van der Waals surface area contributed by atoms with E-state index in [9.17, 15) is 4.79 Å². The molecule has 6 nitrogen and oxygen atoms in total. The molecule has 0 saturated heterocycles. The summed E-state index contributed by atoms with van der Waals surface area (Å²) in [4.78, 5) is 18.3. The fraction of sp³-hybridized carbons (Fsp3) is 0.579. The molecule has 1 heterocycles. The Morgan fingerprint density at radius 2 is 2.23 bits per heavy atom. The number of anilines is 1. The molecule has 2 unspecified atom stereocenters. The first-order chi connectivity index (χ1) is 12.7. The Bertz CT molecular complexity index is 652. The van der Waals surface area contributed by atoms with Crippen LogP contribution in [0.3, 0.4) is 0 Å². The molecule has 142 valence electrons. The van der Waals surface area contributed by atoms with Crippen LogP contribution in [0.2, 0.25) is 0 Å². The SMILES string of the molecule is CN=C(NCCCN1C(=O)COc2ccccc21)NC1CCC(SC)C1. The first kappa shape index (κ1) is 18.9. The van der Waals surface area contributed by atoms with E-state index in [2.05, 4.69) is 21.9 Å². The number of carbonyl (C=O) groups is 1. The molecule has 26 heavy (non-hydrogen) atoms. The van der Waals surface area contributed by atoms with E-state index in [4.69, 9.17) is 4.74 Å². The number of hydrogen-bond donors (Lipinski definition) is 2. The highest BCUT2D eigenvalue weighted by atomic mass is 32.2. The van der Waals surface area contributed by atoms with Crippen molar-refractivity contribution in [2.45, 2.75) is 37.0 Å². The first-order valence-electron chi connectivity index (χ1n) is 9.23. The normalized spacial score (nSPS) is 22.8. The Morgan fingerprint density at radius 3 is 3.00 bits per heavy atom. The molecule has 3 rings (SSSR count). The standard InChI is InChI=1S/C19H28N4O2S/c1-20-19(22-14-8-9-15(12-14)26-2)21-10-5-11-23-16-6-3-4-7-17(16)25-13-18(23)24/h3-4,6-7,14-15H,5,8-13H2,1-2H3,(H2,20,21,22). The highest BCUT2D eigenvalue weighted by Gasteiger charge is 2.25. The minimum Gasteiger partial charge on any atom is -0.482 e.